The summed E-state index contributed by atoms with van der Waals surface area (Å²) in [6, 6.07) is 23.8. The maximum Gasteiger partial charge on any atom is 0.119 e. The van der Waals surface area contributed by atoms with E-state index in [9.17, 15) is 0 Å². The molecule has 0 bridgehead atoms. The molecule has 0 aliphatic rings. The predicted molar refractivity (Wildman–Crippen MR) is 112 cm³/mol. The Morgan fingerprint density at radius 1 is 0.962 bits per heavy atom. The summed E-state index contributed by atoms with van der Waals surface area (Å²) in [6.45, 7) is 3.33. The van der Waals surface area contributed by atoms with Crippen LogP contribution >= 0.6 is 23.8 Å². The van der Waals surface area contributed by atoms with Crippen molar-refractivity contribution in [3.05, 3.63) is 100 Å². The zero-order valence-corrected chi connectivity index (χ0v) is 16.1. The van der Waals surface area contributed by atoms with E-state index in [0.717, 1.165) is 33.4 Å². The standard InChI is InChI=1S/C22H20ClNOS/c1-16-4-2-3-5-19(16)14-24-22(26)18-8-12-21(13-9-18)25-15-17-6-10-20(23)11-7-17/h2-13H,14-15H2,1H3,(H,24,26). The van der Waals surface area contributed by atoms with Crippen LogP contribution in [-0.2, 0) is 13.2 Å². The minimum Gasteiger partial charge on any atom is -0.489 e. The third-order valence-electron chi connectivity index (χ3n) is 4.14. The summed E-state index contributed by atoms with van der Waals surface area (Å²) < 4.78 is 5.80. The summed E-state index contributed by atoms with van der Waals surface area (Å²) in [7, 11) is 0. The van der Waals surface area contributed by atoms with E-state index >= 15 is 0 Å². The number of halogens is 1. The number of rotatable bonds is 6. The zero-order valence-electron chi connectivity index (χ0n) is 14.5. The van der Waals surface area contributed by atoms with E-state index < -0.39 is 0 Å². The first-order valence-electron chi connectivity index (χ1n) is 8.42. The predicted octanol–water partition coefficient (Wildman–Crippen LogP) is 5.69. The summed E-state index contributed by atoms with van der Waals surface area (Å²) in [5.41, 5.74) is 4.56. The fraction of sp³-hybridized carbons (Fsp3) is 0.136. The molecule has 0 atom stereocenters. The molecule has 1 N–H and O–H groups in total. The molecule has 0 aliphatic carbocycles. The average Bonchev–Trinajstić information content (AvgIpc) is 2.67. The molecule has 4 heteroatoms. The van der Waals surface area contributed by atoms with Crippen LogP contribution in [0.1, 0.15) is 22.3 Å². The van der Waals surface area contributed by atoms with Crippen LogP contribution in [-0.4, -0.2) is 4.99 Å². The van der Waals surface area contributed by atoms with E-state index in [4.69, 9.17) is 28.6 Å². The smallest absolute Gasteiger partial charge is 0.119 e. The van der Waals surface area contributed by atoms with Crippen LogP contribution in [0.5, 0.6) is 5.75 Å². The molecule has 0 aliphatic heterocycles. The Labute approximate surface area is 164 Å². The van der Waals surface area contributed by atoms with Gasteiger partial charge in [-0.1, -0.05) is 60.2 Å². The summed E-state index contributed by atoms with van der Waals surface area (Å²) in [5.74, 6) is 0.811. The number of nitrogens with one attached hydrogen (secondary N) is 1. The lowest BCUT2D eigenvalue weighted by Crippen LogP contribution is -2.22. The third kappa shape index (κ3) is 5.07. The van der Waals surface area contributed by atoms with Gasteiger partial charge in [-0.15, -0.1) is 0 Å². The van der Waals surface area contributed by atoms with Crippen molar-refractivity contribution in [3.8, 4) is 5.75 Å². The van der Waals surface area contributed by atoms with Crippen molar-refractivity contribution in [3.63, 3.8) is 0 Å². The molecule has 0 fully saturated rings. The molecule has 0 saturated heterocycles. The second-order valence-corrected chi connectivity index (χ2v) is 6.89. The Morgan fingerprint density at radius 2 is 1.65 bits per heavy atom. The molecule has 3 rings (SSSR count). The minimum absolute atomic E-state index is 0.506. The van der Waals surface area contributed by atoms with E-state index in [-0.39, 0.29) is 0 Å². The summed E-state index contributed by atoms with van der Waals surface area (Å²) >= 11 is 11.4. The summed E-state index contributed by atoms with van der Waals surface area (Å²) in [5, 5.41) is 4.04. The van der Waals surface area contributed by atoms with E-state index in [0.29, 0.717) is 6.61 Å². The van der Waals surface area contributed by atoms with Crippen LogP contribution in [0.15, 0.2) is 72.8 Å². The van der Waals surface area contributed by atoms with Crippen LogP contribution in [0.3, 0.4) is 0 Å². The largest absolute Gasteiger partial charge is 0.489 e. The SMILES string of the molecule is Cc1ccccc1CNC(=S)c1ccc(OCc2ccc(Cl)cc2)cc1. The fourth-order valence-electron chi connectivity index (χ4n) is 2.54. The number of benzene rings is 3. The molecular formula is C22H20ClNOS. The molecule has 3 aromatic rings. The second-order valence-electron chi connectivity index (χ2n) is 6.05. The van der Waals surface area contributed by atoms with Crippen molar-refractivity contribution in [1.29, 1.82) is 0 Å². The van der Waals surface area contributed by atoms with Crippen molar-refractivity contribution in [2.75, 3.05) is 0 Å². The van der Waals surface area contributed by atoms with Crippen molar-refractivity contribution < 1.29 is 4.74 Å². The lowest BCUT2D eigenvalue weighted by molar-refractivity contribution is 0.306. The second kappa shape index (κ2) is 8.84. The number of thiocarbonyl (C=S) groups is 1. The number of aryl methyl sites for hydroxylation is 1. The number of ether oxygens (including phenoxy) is 1. The van der Waals surface area contributed by atoms with Gasteiger partial charge in [-0.25, -0.2) is 0 Å². The Balaban J connectivity index is 1.54. The van der Waals surface area contributed by atoms with Gasteiger partial charge in [0.15, 0.2) is 0 Å². The zero-order chi connectivity index (χ0) is 18.4. The van der Waals surface area contributed by atoms with Crippen LogP contribution in [0.2, 0.25) is 5.02 Å². The third-order valence-corrected chi connectivity index (χ3v) is 4.77. The van der Waals surface area contributed by atoms with Gasteiger partial charge < -0.3 is 10.1 Å². The highest BCUT2D eigenvalue weighted by Gasteiger charge is 2.03. The molecule has 3 aromatic carbocycles. The van der Waals surface area contributed by atoms with Crippen molar-refractivity contribution in [2.45, 2.75) is 20.1 Å². The summed E-state index contributed by atoms with van der Waals surface area (Å²) in [4.78, 5) is 0.734. The first-order chi connectivity index (χ1) is 12.6. The molecule has 2 nitrogen and oxygen atoms in total. The Morgan fingerprint density at radius 3 is 2.35 bits per heavy atom. The average molecular weight is 382 g/mol. The fourth-order valence-corrected chi connectivity index (χ4v) is 2.87. The van der Waals surface area contributed by atoms with E-state index in [1.807, 2.05) is 60.7 Å². The highest BCUT2D eigenvalue weighted by Crippen LogP contribution is 2.16. The van der Waals surface area contributed by atoms with Gasteiger partial charge >= 0.3 is 0 Å². The normalized spacial score (nSPS) is 10.4. The topological polar surface area (TPSA) is 21.3 Å². The van der Waals surface area contributed by atoms with Crippen LogP contribution in [0, 0.1) is 6.92 Å². The van der Waals surface area contributed by atoms with Gasteiger partial charge in [0, 0.05) is 17.1 Å². The lowest BCUT2D eigenvalue weighted by Gasteiger charge is -2.11. The minimum atomic E-state index is 0.506. The van der Waals surface area contributed by atoms with Gasteiger partial charge in [-0.05, 0) is 60.0 Å². The van der Waals surface area contributed by atoms with Crippen molar-refractivity contribution >= 4 is 28.8 Å². The van der Waals surface area contributed by atoms with Crippen molar-refractivity contribution in [1.82, 2.24) is 5.32 Å². The van der Waals surface area contributed by atoms with Crippen LogP contribution in [0.25, 0.3) is 0 Å². The highest BCUT2D eigenvalue weighted by molar-refractivity contribution is 7.80. The molecule has 0 unspecified atom stereocenters. The quantitative estimate of drug-likeness (QED) is 0.554. The maximum atomic E-state index is 5.89. The Bertz CT molecular complexity index is 875. The molecular weight excluding hydrogens is 362 g/mol. The van der Waals surface area contributed by atoms with Crippen LogP contribution < -0.4 is 10.1 Å². The monoisotopic (exact) mass is 381 g/mol. The molecule has 0 saturated carbocycles. The lowest BCUT2D eigenvalue weighted by atomic mass is 10.1. The molecule has 0 aromatic heterocycles. The van der Waals surface area contributed by atoms with E-state index in [1.54, 1.807) is 0 Å². The summed E-state index contributed by atoms with van der Waals surface area (Å²) in [6.07, 6.45) is 0. The van der Waals surface area contributed by atoms with Gasteiger partial charge in [-0.2, -0.15) is 0 Å². The Kier molecular flexibility index (Phi) is 6.26. The van der Waals surface area contributed by atoms with Crippen molar-refractivity contribution in [2.24, 2.45) is 0 Å². The molecule has 0 heterocycles. The van der Waals surface area contributed by atoms with Gasteiger partial charge in [0.25, 0.3) is 0 Å². The molecule has 26 heavy (non-hydrogen) atoms. The van der Waals surface area contributed by atoms with Crippen LogP contribution in [0.4, 0.5) is 0 Å². The first-order valence-corrected chi connectivity index (χ1v) is 9.20. The Hall–Kier alpha value is -2.36. The molecule has 0 spiro atoms. The van der Waals surface area contributed by atoms with Gasteiger partial charge in [0.1, 0.15) is 17.3 Å². The number of hydrogen-bond donors (Lipinski definition) is 1. The highest BCUT2D eigenvalue weighted by atomic mass is 35.5. The maximum absolute atomic E-state index is 5.89. The molecule has 0 amide bonds. The van der Waals surface area contributed by atoms with E-state index in [2.05, 4.69) is 24.4 Å². The van der Waals surface area contributed by atoms with Gasteiger partial charge in [-0.3, -0.25) is 0 Å². The van der Waals surface area contributed by atoms with Gasteiger partial charge in [0.2, 0.25) is 0 Å². The molecule has 0 radical (unpaired) electrons. The van der Waals surface area contributed by atoms with Gasteiger partial charge in [0.05, 0.1) is 0 Å². The number of hydrogen-bond acceptors (Lipinski definition) is 2. The first kappa shape index (κ1) is 18.4. The molecule has 132 valence electrons. The van der Waals surface area contributed by atoms with E-state index in [1.165, 1.54) is 11.1 Å².